The van der Waals surface area contributed by atoms with Crippen LogP contribution in [-0.4, -0.2) is 36.7 Å². The topological polar surface area (TPSA) is 86.8 Å². The molecule has 128 valence electrons. The predicted octanol–water partition coefficient (Wildman–Crippen LogP) is 2.41. The van der Waals surface area contributed by atoms with Crippen LogP contribution >= 0.6 is 11.3 Å². The Morgan fingerprint density at radius 3 is 2.50 bits per heavy atom. The van der Waals surface area contributed by atoms with Gasteiger partial charge in [-0.1, -0.05) is 0 Å². The summed E-state index contributed by atoms with van der Waals surface area (Å²) in [5, 5.41) is 4.84. The van der Waals surface area contributed by atoms with Crippen LogP contribution in [0, 0.1) is 6.92 Å². The fraction of sp³-hybridized carbons (Fsp3) is 0.312. The van der Waals surface area contributed by atoms with Gasteiger partial charge in [0.2, 0.25) is 0 Å². The van der Waals surface area contributed by atoms with Gasteiger partial charge in [-0.2, -0.15) is 0 Å². The van der Waals surface area contributed by atoms with Crippen molar-refractivity contribution in [3.05, 3.63) is 35.3 Å². The number of anilines is 1. The molecule has 0 radical (unpaired) electrons. The van der Waals surface area contributed by atoms with Crippen LogP contribution in [0.1, 0.15) is 12.6 Å². The maximum Gasteiger partial charge on any atom is 0.347 e. The Morgan fingerprint density at radius 2 is 1.92 bits per heavy atom. The Labute approximate surface area is 143 Å². The Balaban J connectivity index is 1.77. The molecule has 2 aromatic rings. The van der Waals surface area contributed by atoms with Gasteiger partial charge < -0.3 is 14.2 Å². The Hall–Kier alpha value is -2.61. The highest BCUT2D eigenvalue weighted by Crippen LogP contribution is 2.18. The molecule has 1 N–H and O–H groups in total. The van der Waals surface area contributed by atoms with Crippen molar-refractivity contribution in [3.63, 3.8) is 0 Å². The number of hydrogen-bond acceptors (Lipinski definition) is 7. The molecule has 0 aliphatic carbocycles. The van der Waals surface area contributed by atoms with Crippen molar-refractivity contribution in [2.24, 2.45) is 0 Å². The lowest BCUT2D eigenvalue weighted by atomic mass is 10.3. The number of esters is 1. The largest absolute Gasteiger partial charge is 0.497 e. The number of aryl methyl sites for hydroxylation is 1. The fourth-order valence-electron chi connectivity index (χ4n) is 1.73. The summed E-state index contributed by atoms with van der Waals surface area (Å²) >= 11 is 1.30. The normalized spacial score (nSPS) is 11.5. The minimum Gasteiger partial charge on any atom is -0.497 e. The number of nitrogens with one attached hydrogen (secondary N) is 1. The number of rotatable bonds is 7. The molecule has 1 heterocycles. The minimum absolute atomic E-state index is 0.395. The molecule has 24 heavy (non-hydrogen) atoms. The summed E-state index contributed by atoms with van der Waals surface area (Å²) in [6.45, 7) is 2.98. The van der Waals surface area contributed by atoms with Crippen LogP contribution in [0.2, 0.25) is 0 Å². The number of carbonyl (C=O) groups excluding carboxylic acids is 2. The molecule has 1 amide bonds. The predicted molar refractivity (Wildman–Crippen MR) is 89.5 cm³/mol. The van der Waals surface area contributed by atoms with Crippen LogP contribution < -0.4 is 14.8 Å². The quantitative estimate of drug-likeness (QED) is 0.772. The van der Waals surface area contributed by atoms with Gasteiger partial charge in [0.15, 0.2) is 17.8 Å². The van der Waals surface area contributed by atoms with E-state index in [1.807, 2.05) is 12.3 Å². The second-order valence-corrected chi connectivity index (χ2v) is 5.74. The van der Waals surface area contributed by atoms with E-state index in [9.17, 15) is 9.59 Å². The van der Waals surface area contributed by atoms with Gasteiger partial charge in [-0.3, -0.25) is 10.1 Å². The van der Waals surface area contributed by atoms with E-state index in [0.29, 0.717) is 16.6 Å². The van der Waals surface area contributed by atoms with Crippen LogP contribution in [0.3, 0.4) is 0 Å². The zero-order valence-corrected chi connectivity index (χ0v) is 14.4. The average Bonchev–Trinajstić information content (AvgIpc) is 2.98. The van der Waals surface area contributed by atoms with E-state index in [-0.39, 0.29) is 0 Å². The van der Waals surface area contributed by atoms with Gasteiger partial charge in [-0.15, -0.1) is 11.3 Å². The first-order chi connectivity index (χ1) is 11.5. The minimum atomic E-state index is -0.840. The number of carbonyl (C=O) groups is 2. The van der Waals surface area contributed by atoms with E-state index in [2.05, 4.69) is 10.3 Å². The molecule has 0 bridgehead atoms. The van der Waals surface area contributed by atoms with E-state index in [4.69, 9.17) is 14.2 Å². The summed E-state index contributed by atoms with van der Waals surface area (Å²) < 4.78 is 15.4. The third-order valence-corrected chi connectivity index (χ3v) is 3.79. The van der Waals surface area contributed by atoms with Crippen LogP contribution in [0.4, 0.5) is 5.13 Å². The highest BCUT2D eigenvalue weighted by atomic mass is 32.1. The lowest BCUT2D eigenvalue weighted by Crippen LogP contribution is -2.29. The van der Waals surface area contributed by atoms with E-state index < -0.39 is 24.6 Å². The summed E-state index contributed by atoms with van der Waals surface area (Å²) in [5.74, 6) is 0.111. The molecule has 1 atom stereocenters. The van der Waals surface area contributed by atoms with Crippen LogP contribution in [-0.2, 0) is 14.3 Å². The molecule has 7 nitrogen and oxygen atoms in total. The van der Waals surface area contributed by atoms with E-state index in [1.54, 1.807) is 38.3 Å². The first-order valence-electron chi connectivity index (χ1n) is 7.17. The maximum absolute atomic E-state index is 11.9. The van der Waals surface area contributed by atoms with Crippen LogP contribution in [0.5, 0.6) is 11.5 Å². The molecule has 8 heteroatoms. The molecule has 1 aromatic heterocycles. The number of thiazole rings is 1. The summed E-state index contributed by atoms with van der Waals surface area (Å²) in [6, 6.07) is 6.80. The number of benzene rings is 1. The van der Waals surface area contributed by atoms with Crippen LogP contribution in [0.25, 0.3) is 0 Å². The number of amides is 1. The molecule has 2 rings (SSSR count). The fourth-order valence-corrected chi connectivity index (χ4v) is 2.43. The number of ether oxygens (including phenoxy) is 3. The van der Waals surface area contributed by atoms with Gasteiger partial charge in [0.05, 0.1) is 12.8 Å². The molecule has 0 aliphatic heterocycles. The zero-order valence-electron chi connectivity index (χ0n) is 13.6. The van der Waals surface area contributed by atoms with E-state index in [1.165, 1.54) is 11.3 Å². The summed E-state index contributed by atoms with van der Waals surface area (Å²) in [4.78, 5) is 27.7. The third kappa shape index (κ3) is 5.24. The highest BCUT2D eigenvalue weighted by Gasteiger charge is 2.18. The molecule has 0 saturated heterocycles. The number of nitrogens with zero attached hydrogens (tertiary/aromatic N) is 1. The monoisotopic (exact) mass is 350 g/mol. The van der Waals surface area contributed by atoms with Crippen molar-refractivity contribution in [2.75, 3.05) is 19.0 Å². The van der Waals surface area contributed by atoms with Gasteiger partial charge in [0.1, 0.15) is 11.5 Å². The van der Waals surface area contributed by atoms with Gasteiger partial charge in [-0.25, -0.2) is 9.78 Å². The molecular formula is C16H18N2O5S. The Kier molecular flexibility index (Phi) is 6.14. The number of hydrogen-bond donors (Lipinski definition) is 1. The Morgan fingerprint density at radius 1 is 1.25 bits per heavy atom. The summed E-state index contributed by atoms with van der Waals surface area (Å²) in [7, 11) is 1.56. The molecule has 0 spiro atoms. The Bertz CT molecular complexity index is 699. The molecular weight excluding hydrogens is 332 g/mol. The number of aromatic nitrogens is 1. The summed E-state index contributed by atoms with van der Waals surface area (Å²) in [5.41, 5.74) is 0.814. The SMILES string of the molecule is COc1ccc(OC(C)C(=O)OCC(=O)Nc2nc(C)cs2)cc1. The van der Waals surface area contributed by atoms with Crippen molar-refractivity contribution in [1.82, 2.24) is 4.98 Å². The highest BCUT2D eigenvalue weighted by molar-refractivity contribution is 7.13. The first kappa shape index (κ1) is 17.7. The molecule has 1 unspecified atom stereocenters. The maximum atomic E-state index is 11.9. The van der Waals surface area contributed by atoms with Gasteiger partial charge in [0, 0.05) is 5.38 Å². The second-order valence-electron chi connectivity index (χ2n) is 4.89. The molecule has 0 aliphatic rings. The third-order valence-electron chi connectivity index (χ3n) is 2.92. The van der Waals surface area contributed by atoms with Gasteiger partial charge >= 0.3 is 5.97 Å². The smallest absolute Gasteiger partial charge is 0.347 e. The average molecular weight is 350 g/mol. The van der Waals surface area contributed by atoms with Crippen molar-refractivity contribution in [1.29, 1.82) is 0 Å². The van der Waals surface area contributed by atoms with Crippen molar-refractivity contribution >= 4 is 28.3 Å². The molecule has 0 saturated carbocycles. The van der Waals surface area contributed by atoms with Gasteiger partial charge in [-0.05, 0) is 38.1 Å². The summed E-state index contributed by atoms with van der Waals surface area (Å²) in [6.07, 6.45) is -0.840. The second kappa shape index (κ2) is 8.30. The number of methoxy groups -OCH3 is 1. The molecule has 0 fully saturated rings. The molecule has 1 aromatic carbocycles. The lowest BCUT2D eigenvalue weighted by Gasteiger charge is -2.14. The standard InChI is InChI=1S/C16H18N2O5S/c1-10-9-24-16(17-10)18-14(19)8-22-15(20)11(2)23-13-6-4-12(21-3)5-7-13/h4-7,9,11H,8H2,1-3H3,(H,17,18,19). The van der Waals surface area contributed by atoms with Crippen molar-refractivity contribution in [3.8, 4) is 11.5 Å². The van der Waals surface area contributed by atoms with Crippen LogP contribution in [0.15, 0.2) is 29.6 Å². The first-order valence-corrected chi connectivity index (χ1v) is 8.05. The lowest BCUT2D eigenvalue weighted by molar-refractivity contribution is -0.153. The van der Waals surface area contributed by atoms with Crippen molar-refractivity contribution in [2.45, 2.75) is 20.0 Å². The zero-order chi connectivity index (χ0) is 17.5. The van der Waals surface area contributed by atoms with E-state index >= 15 is 0 Å². The van der Waals surface area contributed by atoms with E-state index in [0.717, 1.165) is 5.69 Å². The van der Waals surface area contributed by atoms with Gasteiger partial charge in [0.25, 0.3) is 5.91 Å². The van der Waals surface area contributed by atoms with Crippen molar-refractivity contribution < 1.29 is 23.8 Å².